The number of nitrogens with one attached hydrogen (secondary N) is 1. The fourth-order valence-corrected chi connectivity index (χ4v) is 4.16. The molecule has 0 saturated heterocycles. The van der Waals surface area contributed by atoms with Crippen LogP contribution in [0.2, 0.25) is 0 Å². The van der Waals surface area contributed by atoms with E-state index in [9.17, 15) is 9.59 Å². The Hall–Kier alpha value is -3.38. The van der Waals surface area contributed by atoms with Gasteiger partial charge in [-0.1, -0.05) is 24.3 Å². The van der Waals surface area contributed by atoms with Gasteiger partial charge in [0.15, 0.2) is 0 Å². The molecule has 1 amide bonds. The number of hydrogen-bond acceptors (Lipinski definition) is 4. The van der Waals surface area contributed by atoms with E-state index >= 15 is 0 Å². The molecule has 0 spiro atoms. The Bertz CT molecular complexity index is 1370. The Kier molecular flexibility index (Phi) is 6.65. The summed E-state index contributed by atoms with van der Waals surface area (Å²) in [5.74, 6) is -0.121. The summed E-state index contributed by atoms with van der Waals surface area (Å²) in [5.41, 5.74) is 6.89. The number of carbonyl (C=O) groups is 1. The number of aryl methyl sites for hydroxylation is 3. The number of carbonyl (C=O) groups excluding carboxylic acids is 1. The first kappa shape index (κ1) is 22.8. The topological polar surface area (TPSA) is 64.0 Å². The molecule has 0 aliphatic rings. The highest BCUT2D eigenvalue weighted by Gasteiger charge is 2.11. The molecule has 0 atom stereocenters. The lowest BCUT2D eigenvalue weighted by Crippen LogP contribution is -2.25. The molecule has 0 unspecified atom stereocenters. The fourth-order valence-electron chi connectivity index (χ4n) is 3.75. The number of amides is 1. The SMILES string of the molecule is CSc1ccc(CNC(=O)c2ccc(Cn3c(=O)c(C)nc4cc(C)c(C)cc43)cc2)cc1. The van der Waals surface area contributed by atoms with E-state index in [0.717, 1.165) is 33.3 Å². The second kappa shape index (κ2) is 9.63. The lowest BCUT2D eigenvalue weighted by Gasteiger charge is -2.13. The van der Waals surface area contributed by atoms with Crippen molar-refractivity contribution in [2.75, 3.05) is 6.26 Å². The van der Waals surface area contributed by atoms with Crippen molar-refractivity contribution in [1.29, 1.82) is 0 Å². The van der Waals surface area contributed by atoms with E-state index in [-0.39, 0.29) is 11.5 Å². The molecule has 1 N–H and O–H groups in total. The van der Waals surface area contributed by atoms with Crippen LogP contribution >= 0.6 is 11.8 Å². The van der Waals surface area contributed by atoms with E-state index in [1.54, 1.807) is 35.4 Å². The van der Waals surface area contributed by atoms with E-state index in [1.807, 2.05) is 56.5 Å². The molecule has 0 radical (unpaired) electrons. The van der Waals surface area contributed by atoms with Crippen molar-refractivity contribution in [3.8, 4) is 0 Å². The summed E-state index contributed by atoms with van der Waals surface area (Å²) in [7, 11) is 0. The normalized spacial score (nSPS) is 11.0. The van der Waals surface area contributed by atoms with Crippen LogP contribution in [0, 0.1) is 20.8 Å². The van der Waals surface area contributed by atoms with Gasteiger partial charge in [0.1, 0.15) is 5.69 Å². The van der Waals surface area contributed by atoms with Crippen LogP contribution in [0.4, 0.5) is 0 Å². The van der Waals surface area contributed by atoms with Gasteiger partial charge in [-0.2, -0.15) is 0 Å². The molecule has 0 aliphatic heterocycles. The minimum Gasteiger partial charge on any atom is -0.348 e. The molecule has 0 bridgehead atoms. The van der Waals surface area contributed by atoms with Crippen molar-refractivity contribution in [2.24, 2.45) is 0 Å². The van der Waals surface area contributed by atoms with Crippen molar-refractivity contribution in [3.05, 3.63) is 105 Å². The van der Waals surface area contributed by atoms with Crippen LogP contribution in [0.25, 0.3) is 11.0 Å². The zero-order valence-corrected chi connectivity index (χ0v) is 20.1. The van der Waals surface area contributed by atoms with E-state index in [2.05, 4.69) is 22.4 Å². The largest absolute Gasteiger partial charge is 0.348 e. The van der Waals surface area contributed by atoms with Crippen LogP contribution in [-0.2, 0) is 13.1 Å². The van der Waals surface area contributed by atoms with Crippen LogP contribution in [0.1, 0.15) is 38.3 Å². The van der Waals surface area contributed by atoms with Crippen molar-refractivity contribution in [3.63, 3.8) is 0 Å². The molecule has 4 rings (SSSR count). The van der Waals surface area contributed by atoms with E-state index in [0.29, 0.717) is 24.3 Å². The molecular formula is C27H27N3O2S. The van der Waals surface area contributed by atoms with Crippen LogP contribution in [0.3, 0.4) is 0 Å². The number of aromatic nitrogens is 2. The molecule has 168 valence electrons. The molecule has 33 heavy (non-hydrogen) atoms. The maximum absolute atomic E-state index is 12.9. The molecule has 4 aromatic rings. The molecule has 5 nitrogen and oxygen atoms in total. The summed E-state index contributed by atoms with van der Waals surface area (Å²) < 4.78 is 1.76. The monoisotopic (exact) mass is 457 g/mol. The number of nitrogens with zero attached hydrogens (tertiary/aromatic N) is 2. The Morgan fingerprint density at radius 1 is 0.939 bits per heavy atom. The maximum atomic E-state index is 12.9. The average molecular weight is 458 g/mol. The second-order valence-corrected chi connectivity index (χ2v) is 9.12. The zero-order chi connectivity index (χ0) is 23.5. The Morgan fingerprint density at radius 3 is 2.24 bits per heavy atom. The van der Waals surface area contributed by atoms with Crippen molar-refractivity contribution in [1.82, 2.24) is 14.9 Å². The first-order chi connectivity index (χ1) is 15.9. The number of fused-ring (bicyclic) bond motifs is 1. The highest BCUT2D eigenvalue weighted by atomic mass is 32.2. The van der Waals surface area contributed by atoms with Gasteiger partial charge < -0.3 is 9.88 Å². The first-order valence-corrected chi connectivity index (χ1v) is 12.1. The number of benzene rings is 3. The fraction of sp³-hybridized carbons (Fsp3) is 0.222. The molecule has 6 heteroatoms. The van der Waals surface area contributed by atoms with Gasteiger partial charge in [-0.25, -0.2) is 4.98 Å². The third-order valence-corrected chi connectivity index (χ3v) is 6.64. The van der Waals surface area contributed by atoms with Gasteiger partial charge in [0, 0.05) is 17.0 Å². The first-order valence-electron chi connectivity index (χ1n) is 10.8. The lowest BCUT2D eigenvalue weighted by molar-refractivity contribution is 0.0951. The molecule has 1 heterocycles. The summed E-state index contributed by atoms with van der Waals surface area (Å²) in [5, 5.41) is 2.96. The van der Waals surface area contributed by atoms with Crippen molar-refractivity contribution < 1.29 is 4.79 Å². The average Bonchev–Trinajstić information content (AvgIpc) is 2.82. The van der Waals surface area contributed by atoms with Gasteiger partial charge in [-0.05, 0) is 85.7 Å². The quantitative estimate of drug-likeness (QED) is 0.413. The third kappa shape index (κ3) is 5.01. The third-order valence-electron chi connectivity index (χ3n) is 5.89. The van der Waals surface area contributed by atoms with E-state index in [4.69, 9.17) is 0 Å². The number of thioether (sulfide) groups is 1. The van der Waals surface area contributed by atoms with E-state index < -0.39 is 0 Å². The van der Waals surface area contributed by atoms with Crippen molar-refractivity contribution in [2.45, 2.75) is 38.8 Å². The lowest BCUT2D eigenvalue weighted by atomic mass is 10.1. The molecule has 1 aromatic heterocycles. The molecule has 0 saturated carbocycles. The Morgan fingerprint density at radius 2 is 1.58 bits per heavy atom. The van der Waals surface area contributed by atoms with Gasteiger partial charge in [0.25, 0.3) is 11.5 Å². The van der Waals surface area contributed by atoms with E-state index in [1.165, 1.54) is 4.90 Å². The minimum atomic E-state index is -0.121. The number of hydrogen-bond donors (Lipinski definition) is 1. The zero-order valence-electron chi connectivity index (χ0n) is 19.3. The van der Waals surface area contributed by atoms with Gasteiger partial charge in [0.2, 0.25) is 0 Å². The van der Waals surface area contributed by atoms with Crippen molar-refractivity contribution >= 4 is 28.7 Å². The van der Waals surface area contributed by atoms with Gasteiger partial charge >= 0.3 is 0 Å². The summed E-state index contributed by atoms with van der Waals surface area (Å²) in [6.45, 7) is 6.73. The predicted octanol–water partition coefficient (Wildman–Crippen LogP) is 5.02. The summed E-state index contributed by atoms with van der Waals surface area (Å²) in [6, 6.07) is 19.6. The van der Waals surface area contributed by atoms with Gasteiger partial charge in [0.05, 0.1) is 17.6 Å². The summed E-state index contributed by atoms with van der Waals surface area (Å²) >= 11 is 1.69. The van der Waals surface area contributed by atoms with Crippen LogP contribution in [0.5, 0.6) is 0 Å². The Balaban J connectivity index is 1.51. The summed E-state index contributed by atoms with van der Waals surface area (Å²) in [4.78, 5) is 31.1. The maximum Gasteiger partial charge on any atom is 0.272 e. The van der Waals surface area contributed by atoms with Crippen LogP contribution in [-0.4, -0.2) is 21.7 Å². The molecule has 0 fully saturated rings. The molecule has 3 aromatic carbocycles. The highest BCUT2D eigenvalue weighted by Crippen LogP contribution is 2.18. The molecule has 0 aliphatic carbocycles. The minimum absolute atomic E-state index is 0.0972. The number of rotatable bonds is 6. The second-order valence-electron chi connectivity index (χ2n) is 8.24. The van der Waals surface area contributed by atoms with Gasteiger partial charge in [-0.3, -0.25) is 9.59 Å². The standard InChI is InChI=1S/C27H27N3O2S/c1-17-13-24-25(14-18(17)2)30(27(32)19(3)29-24)16-21-5-9-22(10-6-21)26(31)28-15-20-7-11-23(33-4)12-8-20/h5-14H,15-16H2,1-4H3,(H,28,31). The highest BCUT2D eigenvalue weighted by molar-refractivity contribution is 7.98. The smallest absolute Gasteiger partial charge is 0.272 e. The summed E-state index contributed by atoms with van der Waals surface area (Å²) in [6.07, 6.45) is 2.04. The van der Waals surface area contributed by atoms with Crippen LogP contribution in [0.15, 0.2) is 70.4 Å². The van der Waals surface area contributed by atoms with Crippen LogP contribution < -0.4 is 10.9 Å². The molecular weight excluding hydrogens is 430 g/mol. The van der Waals surface area contributed by atoms with Gasteiger partial charge in [-0.15, -0.1) is 11.8 Å². The predicted molar refractivity (Wildman–Crippen MR) is 135 cm³/mol. The Labute approximate surface area is 197 Å².